The van der Waals surface area contributed by atoms with Crippen molar-refractivity contribution in [2.75, 3.05) is 0 Å². The Hall–Kier alpha value is -0.770. The van der Waals surface area contributed by atoms with Crippen LogP contribution in [0.3, 0.4) is 0 Å². The highest BCUT2D eigenvalue weighted by molar-refractivity contribution is 5.21. The van der Waals surface area contributed by atoms with Gasteiger partial charge in [0.15, 0.2) is 0 Å². The summed E-state index contributed by atoms with van der Waals surface area (Å²) < 4.78 is 0. The molecule has 1 aliphatic rings. The van der Waals surface area contributed by atoms with Gasteiger partial charge in [-0.2, -0.15) is 5.26 Å². The Labute approximate surface area is 81.5 Å². The second kappa shape index (κ2) is 3.54. The fraction of sp³-hybridized carbons (Fsp3) is 0.750. The summed E-state index contributed by atoms with van der Waals surface area (Å²) in [5.74, 6) is 0.473. The van der Waals surface area contributed by atoms with Crippen molar-refractivity contribution in [2.24, 2.45) is 11.3 Å². The monoisotopic (exact) mass is 177 g/mol. The molecule has 0 fully saturated rings. The molecule has 0 N–H and O–H groups in total. The zero-order chi connectivity index (χ0) is 10.1. The van der Waals surface area contributed by atoms with E-state index in [9.17, 15) is 5.26 Å². The average Bonchev–Trinajstić information content (AvgIpc) is 2.09. The lowest BCUT2D eigenvalue weighted by Crippen LogP contribution is -2.28. The molecule has 0 aliphatic heterocycles. The van der Waals surface area contributed by atoms with Crippen LogP contribution in [0.5, 0.6) is 0 Å². The van der Waals surface area contributed by atoms with Crippen LogP contribution >= 0.6 is 0 Å². The van der Waals surface area contributed by atoms with E-state index in [0.717, 1.165) is 19.3 Å². The van der Waals surface area contributed by atoms with Gasteiger partial charge in [0.05, 0.1) is 11.5 Å². The molecule has 1 rings (SSSR count). The van der Waals surface area contributed by atoms with Crippen molar-refractivity contribution in [2.45, 2.75) is 47.0 Å². The lowest BCUT2D eigenvalue weighted by molar-refractivity contribution is 0.240. The molecular formula is C12H19N. The molecule has 72 valence electrons. The van der Waals surface area contributed by atoms with Crippen LogP contribution in [0.2, 0.25) is 0 Å². The van der Waals surface area contributed by atoms with Crippen LogP contribution in [-0.2, 0) is 0 Å². The van der Waals surface area contributed by atoms with Crippen LogP contribution in [0.15, 0.2) is 11.1 Å². The minimum absolute atomic E-state index is 0.0798. The number of hydrogen-bond acceptors (Lipinski definition) is 1. The van der Waals surface area contributed by atoms with Crippen molar-refractivity contribution in [3.05, 3.63) is 11.1 Å². The number of allylic oxidation sites excluding steroid dienone is 2. The number of nitrogens with zero attached hydrogens (tertiary/aromatic N) is 1. The summed E-state index contributed by atoms with van der Waals surface area (Å²) in [6.45, 7) is 8.69. The van der Waals surface area contributed by atoms with E-state index < -0.39 is 0 Å². The van der Waals surface area contributed by atoms with Crippen LogP contribution in [0.25, 0.3) is 0 Å². The Morgan fingerprint density at radius 2 is 1.92 bits per heavy atom. The molecule has 1 nitrogen and oxygen atoms in total. The maximum absolute atomic E-state index is 9.24. The SMILES string of the molecule is CC1=C(C)CC(C#N)(C(C)C)CC1. The standard InChI is InChI=1S/C12H19N/c1-9(2)12(8-13)6-5-10(3)11(4)7-12/h9H,5-7H2,1-4H3. The van der Waals surface area contributed by atoms with Gasteiger partial charge in [0.1, 0.15) is 0 Å². The maximum Gasteiger partial charge on any atom is 0.0695 e. The van der Waals surface area contributed by atoms with Crippen molar-refractivity contribution >= 4 is 0 Å². The largest absolute Gasteiger partial charge is 0.198 e. The molecule has 0 heterocycles. The van der Waals surface area contributed by atoms with E-state index in [1.807, 2.05) is 0 Å². The van der Waals surface area contributed by atoms with E-state index >= 15 is 0 Å². The minimum atomic E-state index is -0.0798. The fourth-order valence-electron chi connectivity index (χ4n) is 2.05. The Kier molecular flexibility index (Phi) is 2.81. The first-order valence-electron chi connectivity index (χ1n) is 5.08. The van der Waals surface area contributed by atoms with Gasteiger partial charge in [-0.1, -0.05) is 25.0 Å². The zero-order valence-corrected chi connectivity index (χ0v) is 9.15. The van der Waals surface area contributed by atoms with Crippen molar-refractivity contribution < 1.29 is 0 Å². The highest BCUT2D eigenvalue weighted by Gasteiger charge is 2.36. The third-order valence-electron chi connectivity index (χ3n) is 3.58. The minimum Gasteiger partial charge on any atom is -0.198 e. The zero-order valence-electron chi connectivity index (χ0n) is 9.15. The van der Waals surface area contributed by atoms with E-state index in [2.05, 4.69) is 33.8 Å². The van der Waals surface area contributed by atoms with Crippen molar-refractivity contribution in [3.63, 3.8) is 0 Å². The topological polar surface area (TPSA) is 23.8 Å². The lowest BCUT2D eigenvalue weighted by Gasteiger charge is -2.35. The molecule has 0 spiro atoms. The van der Waals surface area contributed by atoms with Gasteiger partial charge < -0.3 is 0 Å². The lowest BCUT2D eigenvalue weighted by atomic mass is 9.67. The van der Waals surface area contributed by atoms with Gasteiger partial charge >= 0.3 is 0 Å². The molecule has 0 saturated carbocycles. The summed E-state index contributed by atoms with van der Waals surface area (Å²) in [7, 11) is 0. The van der Waals surface area contributed by atoms with Gasteiger partial charge in [0, 0.05) is 0 Å². The Balaban J connectivity index is 2.92. The first-order chi connectivity index (χ1) is 6.02. The van der Waals surface area contributed by atoms with Gasteiger partial charge in [-0.05, 0) is 39.0 Å². The number of nitriles is 1. The van der Waals surface area contributed by atoms with Gasteiger partial charge in [0.25, 0.3) is 0 Å². The molecule has 1 unspecified atom stereocenters. The fourth-order valence-corrected chi connectivity index (χ4v) is 2.05. The highest BCUT2D eigenvalue weighted by atomic mass is 14.4. The molecule has 1 atom stereocenters. The van der Waals surface area contributed by atoms with E-state index in [1.165, 1.54) is 11.1 Å². The molecule has 1 aliphatic carbocycles. The summed E-state index contributed by atoms with van der Waals surface area (Å²) in [6, 6.07) is 2.53. The quantitative estimate of drug-likeness (QED) is 0.560. The molecule has 13 heavy (non-hydrogen) atoms. The number of rotatable bonds is 1. The molecule has 0 radical (unpaired) electrons. The van der Waals surface area contributed by atoms with Gasteiger partial charge in [-0.25, -0.2) is 0 Å². The van der Waals surface area contributed by atoms with E-state index in [0.29, 0.717) is 5.92 Å². The first kappa shape index (κ1) is 10.3. The first-order valence-corrected chi connectivity index (χ1v) is 5.08. The summed E-state index contributed by atoms with van der Waals surface area (Å²) in [5.41, 5.74) is 2.84. The van der Waals surface area contributed by atoms with E-state index in [-0.39, 0.29) is 5.41 Å². The predicted molar refractivity (Wildman–Crippen MR) is 55.1 cm³/mol. The third-order valence-corrected chi connectivity index (χ3v) is 3.58. The molecule has 0 aromatic heterocycles. The van der Waals surface area contributed by atoms with Crippen molar-refractivity contribution in [1.82, 2.24) is 0 Å². The maximum atomic E-state index is 9.24. The van der Waals surface area contributed by atoms with Gasteiger partial charge in [-0.3, -0.25) is 0 Å². The second-order valence-electron chi connectivity index (χ2n) is 4.66. The highest BCUT2D eigenvalue weighted by Crippen LogP contribution is 2.43. The summed E-state index contributed by atoms with van der Waals surface area (Å²) in [6.07, 6.45) is 3.13. The van der Waals surface area contributed by atoms with Crippen LogP contribution in [0.1, 0.15) is 47.0 Å². The molecule has 0 saturated heterocycles. The third kappa shape index (κ3) is 1.77. The molecule has 0 amide bonds. The smallest absolute Gasteiger partial charge is 0.0695 e. The Morgan fingerprint density at radius 1 is 1.31 bits per heavy atom. The summed E-state index contributed by atoms with van der Waals surface area (Å²) in [5, 5.41) is 9.24. The van der Waals surface area contributed by atoms with Crippen LogP contribution < -0.4 is 0 Å². The van der Waals surface area contributed by atoms with Crippen LogP contribution in [0.4, 0.5) is 0 Å². The molecule has 0 bridgehead atoms. The normalized spacial score (nSPS) is 29.2. The van der Waals surface area contributed by atoms with E-state index in [1.54, 1.807) is 0 Å². The predicted octanol–water partition coefficient (Wildman–Crippen LogP) is 3.67. The van der Waals surface area contributed by atoms with Gasteiger partial charge in [0.2, 0.25) is 0 Å². The second-order valence-corrected chi connectivity index (χ2v) is 4.66. The summed E-state index contributed by atoms with van der Waals surface area (Å²) in [4.78, 5) is 0. The molecule has 0 aromatic carbocycles. The van der Waals surface area contributed by atoms with Crippen molar-refractivity contribution in [3.8, 4) is 6.07 Å². The Morgan fingerprint density at radius 3 is 2.31 bits per heavy atom. The Bertz CT molecular complexity index is 267. The van der Waals surface area contributed by atoms with Crippen LogP contribution in [0, 0.1) is 22.7 Å². The average molecular weight is 177 g/mol. The molecular weight excluding hydrogens is 158 g/mol. The van der Waals surface area contributed by atoms with Crippen LogP contribution in [-0.4, -0.2) is 0 Å². The summed E-state index contributed by atoms with van der Waals surface area (Å²) >= 11 is 0. The van der Waals surface area contributed by atoms with Crippen molar-refractivity contribution in [1.29, 1.82) is 5.26 Å². The molecule has 0 aromatic rings. The number of hydrogen-bond donors (Lipinski definition) is 0. The molecule has 1 heteroatoms. The van der Waals surface area contributed by atoms with Gasteiger partial charge in [-0.15, -0.1) is 0 Å². The van der Waals surface area contributed by atoms with E-state index in [4.69, 9.17) is 0 Å².